The Morgan fingerprint density at radius 1 is 1.37 bits per heavy atom. The maximum absolute atomic E-state index is 13.0. The first kappa shape index (κ1) is 18.6. The van der Waals surface area contributed by atoms with E-state index in [4.69, 9.17) is 8.85 Å². The lowest BCUT2D eigenvalue weighted by Gasteiger charge is -2.44. The minimum atomic E-state index is -2.43. The number of ether oxygens (including phenoxy) is 1. The van der Waals surface area contributed by atoms with E-state index < -0.39 is 60.9 Å². The Morgan fingerprint density at radius 3 is 2.63 bits per heavy atom. The number of hydrogen-bond acceptors (Lipinski definition) is 8. The van der Waals surface area contributed by atoms with Crippen molar-refractivity contribution in [2.24, 2.45) is 5.92 Å². The highest BCUT2D eigenvalue weighted by molar-refractivity contribution is 7.99. The molecule has 2 aliphatic rings. The van der Waals surface area contributed by atoms with Crippen molar-refractivity contribution in [3.63, 3.8) is 0 Å². The summed E-state index contributed by atoms with van der Waals surface area (Å²) >= 11 is 1.13. The van der Waals surface area contributed by atoms with Crippen molar-refractivity contribution < 1.29 is 34.1 Å². The third-order valence-corrected chi connectivity index (χ3v) is 6.26. The molecule has 0 aromatic rings. The average molecular weight is 410 g/mol. The lowest BCUT2D eigenvalue weighted by Crippen LogP contribution is -2.65. The van der Waals surface area contributed by atoms with Gasteiger partial charge in [0.05, 0.1) is 18.2 Å². The number of hydrogen-bond donors (Lipinski definition) is 5. The molecule has 1 amide bonds. The molecule has 9 atom stereocenters. The fourth-order valence-corrected chi connectivity index (χ4v) is 4.57. The molecular weight excluding hydrogens is 372 g/mol. The van der Waals surface area contributed by atoms with Crippen LogP contribution in [-0.4, -0.2) is 99.0 Å². The van der Waals surface area contributed by atoms with E-state index in [1.165, 1.54) is 11.8 Å². The number of carbonyl (C=O) groups is 1. The van der Waals surface area contributed by atoms with Gasteiger partial charge in [0.1, 0.15) is 29.9 Å². The molecule has 5 N–H and O–H groups in total. The Morgan fingerprint density at radius 2 is 2.07 bits per heavy atom. The van der Waals surface area contributed by atoms with E-state index >= 15 is 0 Å². The van der Waals surface area contributed by atoms with Crippen molar-refractivity contribution in [1.82, 2.24) is 10.2 Å². The summed E-state index contributed by atoms with van der Waals surface area (Å²) in [4.78, 5) is 14.2. The van der Waals surface area contributed by atoms with Crippen LogP contribution in [0.4, 0.5) is 0 Å². The van der Waals surface area contributed by atoms with Gasteiger partial charge in [-0.25, -0.2) is 0 Å². The molecule has 2 rings (SSSR count). The number of aliphatic hydroxyl groups excluding tert-OH is 4. The lowest BCUT2D eigenvalue weighted by atomic mass is 9.92. The maximum atomic E-state index is 13.0. The smallest absolute Gasteiger partial charge is 0.237 e. The molecule has 0 aliphatic carbocycles. The largest absolute Gasteiger partial charge is 0.391 e. The van der Waals surface area contributed by atoms with E-state index in [1.807, 2.05) is 6.92 Å². The zero-order chi connectivity index (χ0) is 22.8. The summed E-state index contributed by atoms with van der Waals surface area (Å²) in [7, 11) is 0. The van der Waals surface area contributed by atoms with Gasteiger partial charge in [0.2, 0.25) is 5.91 Å². The molecule has 0 bridgehead atoms. The second-order valence-electron chi connectivity index (χ2n) is 7.51. The standard InChI is InChI=1S/C18H34N2O6S/c1-5-6-10-7-11(20(3)8-10)17(25)19-12(9(2)21)16-14(23)13(22)15(24)18(26-16)27-4/h9-16,18,21-24H,5-8H2,1-4H3,(H,19,25)/t9-,10-,11-,12-,13?,14+,15?,16+,18+/m0/s1/i3D3. The summed E-state index contributed by atoms with van der Waals surface area (Å²) in [6.45, 7) is 1.25. The molecule has 0 spiro atoms. The van der Waals surface area contributed by atoms with Gasteiger partial charge in [-0.1, -0.05) is 13.3 Å². The molecule has 2 unspecified atom stereocenters. The van der Waals surface area contributed by atoms with Crippen LogP contribution in [0.1, 0.15) is 37.2 Å². The van der Waals surface area contributed by atoms with Gasteiger partial charge in [-0.2, -0.15) is 0 Å². The van der Waals surface area contributed by atoms with E-state index in [-0.39, 0.29) is 12.5 Å². The Balaban J connectivity index is 2.20. The number of thioether (sulfide) groups is 1. The van der Waals surface area contributed by atoms with Crippen LogP contribution < -0.4 is 5.32 Å². The summed E-state index contributed by atoms with van der Waals surface area (Å²) in [6, 6.07) is -2.00. The van der Waals surface area contributed by atoms with Crippen LogP contribution in [0, 0.1) is 5.92 Å². The molecule has 2 fully saturated rings. The number of carbonyl (C=O) groups excluding carboxylic acids is 1. The summed E-state index contributed by atoms with van der Waals surface area (Å²) in [5, 5.41) is 43.5. The molecule has 2 heterocycles. The van der Waals surface area contributed by atoms with E-state index in [2.05, 4.69) is 5.32 Å². The fraction of sp³-hybridized carbons (Fsp3) is 0.944. The van der Waals surface area contributed by atoms with Crippen molar-refractivity contribution in [1.29, 1.82) is 0 Å². The predicted molar refractivity (Wildman–Crippen MR) is 103 cm³/mol. The number of likely N-dealkylation sites (N-methyl/N-ethyl adjacent to an activating group) is 1. The Kier molecular flexibility index (Phi) is 6.80. The van der Waals surface area contributed by atoms with Crippen LogP contribution in [0.2, 0.25) is 0 Å². The molecular formula is C18H34N2O6S. The van der Waals surface area contributed by atoms with Gasteiger partial charge in [-0.3, -0.25) is 9.69 Å². The molecule has 2 saturated heterocycles. The fourth-order valence-electron chi connectivity index (χ4n) is 3.89. The maximum Gasteiger partial charge on any atom is 0.237 e. The molecule has 2 aliphatic heterocycles. The number of amides is 1. The quantitative estimate of drug-likeness (QED) is 0.368. The average Bonchev–Trinajstić information content (AvgIpc) is 3.09. The second-order valence-corrected chi connectivity index (χ2v) is 8.45. The third kappa shape index (κ3) is 5.14. The van der Waals surface area contributed by atoms with Gasteiger partial charge >= 0.3 is 0 Å². The van der Waals surface area contributed by atoms with E-state index in [0.717, 1.165) is 24.6 Å². The van der Waals surface area contributed by atoms with Crippen LogP contribution in [0.25, 0.3) is 0 Å². The molecule has 8 nitrogen and oxygen atoms in total. The molecule has 27 heavy (non-hydrogen) atoms. The minimum Gasteiger partial charge on any atom is -0.391 e. The van der Waals surface area contributed by atoms with Gasteiger partial charge in [0.15, 0.2) is 0 Å². The third-order valence-electron chi connectivity index (χ3n) is 5.41. The van der Waals surface area contributed by atoms with E-state index in [1.54, 1.807) is 6.26 Å². The Hall–Kier alpha value is -0.420. The number of nitrogens with one attached hydrogen (secondary N) is 1. The minimum absolute atomic E-state index is 0.0746. The normalized spacial score (nSPS) is 42.0. The number of aliphatic hydroxyl groups is 4. The number of rotatable bonds is 7. The van der Waals surface area contributed by atoms with Gasteiger partial charge < -0.3 is 30.5 Å². The SMILES string of the molecule is [2H]C([2H])([2H])N1C[C@@H](CCC)C[C@H]1C(=O)N[C@H]([C@H]1O[C@H](SC)C(O)C(O)[C@H]1O)[C@H](C)O. The summed E-state index contributed by atoms with van der Waals surface area (Å²) in [5.41, 5.74) is -0.856. The van der Waals surface area contributed by atoms with Crippen LogP contribution >= 0.6 is 11.8 Å². The van der Waals surface area contributed by atoms with Crippen LogP contribution in [0.3, 0.4) is 0 Å². The highest BCUT2D eigenvalue weighted by atomic mass is 32.2. The first-order valence-electron chi connectivity index (χ1n) is 10.9. The second kappa shape index (κ2) is 9.87. The number of nitrogens with zero attached hydrogens (tertiary/aromatic N) is 1. The molecule has 0 aromatic carbocycles. The highest BCUT2D eigenvalue weighted by Crippen LogP contribution is 2.30. The van der Waals surface area contributed by atoms with Crippen molar-refractivity contribution in [2.45, 2.75) is 81.1 Å². The first-order chi connectivity index (χ1) is 13.9. The van der Waals surface area contributed by atoms with Crippen LogP contribution in [0.15, 0.2) is 0 Å². The summed E-state index contributed by atoms with van der Waals surface area (Å²) in [5.74, 6) is -0.502. The monoisotopic (exact) mass is 409 g/mol. The van der Waals surface area contributed by atoms with Gasteiger partial charge in [0.25, 0.3) is 0 Å². The Bertz CT molecular complexity index is 583. The van der Waals surface area contributed by atoms with Crippen molar-refractivity contribution in [2.75, 3.05) is 19.8 Å². The zero-order valence-corrected chi connectivity index (χ0v) is 16.8. The predicted octanol–water partition coefficient (Wildman–Crippen LogP) is -0.857. The van der Waals surface area contributed by atoms with Crippen LogP contribution in [0.5, 0.6) is 0 Å². The van der Waals surface area contributed by atoms with Crippen molar-refractivity contribution >= 4 is 17.7 Å². The molecule has 158 valence electrons. The highest BCUT2D eigenvalue weighted by Gasteiger charge is 2.48. The van der Waals surface area contributed by atoms with Crippen LogP contribution in [-0.2, 0) is 9.53 Å². The van der Waals surface area contributed by atoms with Crippen molar-refractivity contribution in [3.8, 4) is 0 Å². The summed E-state index contributed by atoms with van der Waals surface area (Å²) in [6.07, 6.45) is -3.00. The number of likely N-dealkylation sites (tertiary alicyclic amines) is 1. The summed E-state index contributed by atoms with van der Waals surface area (Å²) < 4.78 is 29.0. The molecule has 9 heteroatoms. The molecule has 0 aromatic heterocycles. The van der Waals surface area contributed by atoms with Gasteiger partial charge in [0, 0.05) is 10.7 Å². The van der Waals surface area contributed by atoms with Gasteiger partial charge in [-0.05, 0) is 38.9 Å². The zero-order valence-electron chi connectivity index (χ0n) is 19.0. The Labute approximate surface area is 169 Å². The molecule has 0 radical (unpaired) electrons. The van der Waals surface area contributed by atoms with E-state index in [9.17, 15) is 25.2 Å². The van der Waals surface area contributed by atoms with Crippen molar-refractivity contribution in [3.05, 3.63) is 0 Å². The molecule has 0 saturated carbocycles. The topological polar surface area (TPSA) is 122 Å². The lowest BCUT2D eigenvalue weighted by molar-refractivity contribution is -0.211. The van der Waals surface area contributed by atoms with E-state index in [0.29, 0.717) is 6.42 Å². The first-order valence-corrected chi connectivity index (χ1v) is 10.7. The van der Waals surface area contributed by atoms with Gasteiger partial charge in [-0.15, -0.1) is 11.8 Å².